The lowest BCUT2D eigenvalue weighted by Gasteiger charge is -2.40. The Labute approximate surface area is 131 Å². The molecule has 1 aromatic carbocycles. The largest absolute Gasteiger partial charge is 0.362 e. The predicted molar refractivity (Wildman–Crippen MR) is 91.0 cm³/mol. The smallest absolute Gasteiger partial charge is 0.211 e. The summed E-state index contributed by atoms with van der Waals surface area (Å²) in [7, 11) is 0. The van der Waals surface area contributed by atoms with E-state index in [0.717, 1.165) is 20.2 Å². The molecule has 2 nitrogen and oxygen atoms in total. The van der Waals surface area contributed by atoms with Gasteiger partial charge in [-0.2, -0.15) is 0 Å². The molecule has 0 N–H and O–H groups in total. The minimum atomic E-state index is 0.167. The number of halogens is 1. The Kier molecular flexibility index (Phi) is 3.87. The molecular weight excluding hydrogens is 334 g/mol. The van der Waals surface area contributed by atoms with Crippen LogP contribution in [0.25, 0.3) is 10.1 Å². The van der Waals surface area contributed by atoms with Crippen LogP contribution in [0.1, 0.15) is 33.1 Å². The van der Waals surface area contributed by atoms with Crippen molar-refractivity contribution in [2.75, 3.05) is 4.90 Å². The lowest BCUT2D eigenvalue weighted by molar-refractivity contribution is 0.414. The van der Waals surface area contributed by atoms with E-state index in [1.54, 1.807) is 11.3 Å². The lowest BCUT2D eigenvalue weighted by atomic mass is 9.97. The van der Waals surface area contributed by atoms with Crippen LogP contribution in [0.4, 0.5) is 5.69 Å². The van der Waals surface area contributed by atoms with E-state index in [2.05, 4.69) is 34.7 Å². The van der Waals surface area contributed by atoms with Crippen LogP contribution < -0.4 is 10.3 Å². The monoisotopic (exact) mass is 351 g/mol. The average molecular weight is 352 g/mol. The Hall–Kier alpha value is -0.870. The Morgan fingerprint density at radius 1 is 1.25 bits per heavy atom. The molecule has 0 saturated carbocycles. The van der Waals surface area contributed by atoms with Gasteiger partial charge in [0.25, 0.3) is 0 Å². The third-order valence-electron chi connectivity index (χ3n) is 4.19. The van der Waals surface area contributed by atoms with Gasteiger partial charge >= 0.3 is 0 Å². The molecule has 0 spiro atoms. The van der Waals surface area contributed by atoms with Crippen molar-refractivity contribution in [1.29, 1.82) is 0 Å². The maximum absolute atomic E-state index is 12.8. The third kappa shape index (κ3) is 2.40. The molecule has 1 aliphatic heterocycles. The van der Waals surface area contributed by atoms with Crippen LogP contribution in [0.15, 0.2) is 32.8 Å². The second kappa shape index (κ2) is 5.49. The van der Waals surface area contributed by atoms with Crippen LogP contribution in [0.2, 0.25) is 0 Å². The van der Waals surface area contributed by atoms with Crippen LogP contribution in [-0.4, -0.2) is 12.1 Å². The normalized spacial score (nSPS) is 23.2. The van der Waals surface area contributed by atoms with Gasteiger partial charge in [0.15, 0.2) is 0 Å². The molecule has 1 aliphatic rings. The summed E-state index contributed by atoms with van der Waals surface area (Å²) in [5, 5.41) is 2.86. The van der Waals surface area contributed by atoms with Gasteiger partial charge < -0.3 is 4.90 Å². The molecule has 0 bridgehead atoms. The molecule has 0 amide bonds. The first-order chi connectivity index (χ1) is 9.58. The van der Waals surface area contributed by atoms with Crippen molar-refractivity contribution in [1.82, 2.24) is 0 Å². The van der Waals surface area contributed by atoms with Gasteiger partial charge in [-0.3, -0.25) is 4.79 Å². The van der Waals surface area contributed by atoms with Gasteiger partial charge in [0.2, 0.25) is 5.43 Å². The fraction of sp³-hybridized carbons (Fsp3) is 0.438. The molecule has 1 saturated heterocycles. The summed E-state index contributed by atoms with van der Waals surface area (Å²) >= 11 is 5.12. The van der Waals surface area contributed by atoms with E-state index < -0.39 is 0 Å². The molecule has 0 radical (unpaired) electrons. The van der Waals surface area contributed by atoms with E-state index in [9.17, 15) is 4.79 Å². The quantitative estimate of drug-likeness (QED) is 0.735. The van der Waals surface area contributed by atoms with Crippen LogP contribution in [-0.2, 0) is 0 Å². The summed E-state index contributed by atoms with van der Waals surface area (Å²) < 4.78 is 2.02. The Balaban J connectivity index is 2.16. The lowest BCUT2D eigenvalue weighted by Crippen LogP contribution is -2.45. The van der Waals surface area contributed by atoms with Crippen LogP contribution in [0, 0.1) is 0 Å². The van der Waals surface area contributed by atoms with Gasteiger partial charge in [0.05, 0.1) is 5.69 Å². The van der Waals surface area contributed by atoms with Crippen molar-refractivity contribution in [3.63, 3.8) is 0 Å². The zero-order valence-electron chi connectivity index (χ0n) is 11.7. The first-order valence-electron chi connectivity index (χ1n) is 7.07. The van der Waals surface area contributed by atoms with Gasteiger partial charge in [-0.1, -0.05) is 15.9 Å². The summed E-state index contributed by atoms with van der Waals surface area (Å²) in [5.41, 5.74) is 1.04. The summed E-state index contributed by atoms with van der Waals surface area (Å²) in [6, 6.07) is 6.84. The van der Waals surface area contributed by atoms with E-state index in [1.165, 1.54) is 19.3 Å². The number of benzene rings is 1. The van der Waals surface area contributed by atoms with Crippen molar-refractivity contribution in [2.24, 2.45) is 0 Å². The summed E-state index contributed by atoms with van der Waals surface area (Å²) in [6.07, 6.45) is 3.60. The highest BCUT2D eigenvalue weighted by Crippen LogP contribution is 2.30. The van der Waals surface area contributed by atoms with E-state index in [-0.39, 0.29) is 5.43 Å². The van der Waals surface area contributed by atoms with Gasteiger partial charge in [-0.25, -0.2) is 0 Å². The van der Waals surface area contributed by atoms with Crippen molar-refractivity contribution in [3.05, 3.63) is 38.3 Å². The molecule has 1 aromatic heterocycles. The molecule has 2 atom stereocenters. The maximum atomic E-state index is 12.8. The van der Waals surface area contributed by atoms with Crippen molar-refractivity contribution < 1.29 is 0 Å². The highest BCUT2D eigenvalue weighted by molar-refractivity contribution is 9.10. The maximum Gasteiger partial charge on any atom is 0.211 e. The number of fused-ring (bicyclic) bond motifs is 1. The molecule has 2 heterocycles. The zero-order chi connectivity index (χ0) is 14.3. The fourth-order valence-corrected chi connectivity index (χ4v) is 4.42. The second-order valence-electron chi connectivity index (χ2n) is 5.63. The summed E-state index contributed by atoms with van der Waals surface area (Å²) in [6.45, 7) is 4.45. The molecule has 1 fully saturated rings. The standard InChI is InChI=1S/C16H18BrNOS/c1-10-4-3-5-11(2)18(10)14-9-20-15-7-6-12(17)8-13(15)16(14)19/h6-11H,3-5H2,1-2H3/t10-,11-/m1/s1. The molecular formula is C16H18BrNOS. The second-order valence-corrected chi connectivity index (χ2v) is 7.45. The van der Waals surface area contributed by atoms with Gasteiger partial charge in [-0.05, 0) is 51.3 Å². The SMILES string of the molecule is C[C@@H]1CCC[C@@H](C)N1c1csc2ccc(Br)cc2c1=O. The number of hydrogen-bond donors (Lipinski definition) is 0. The fourth-order valence-electron chi connectivity index (χ4n) is 3.17. The predicted octanol–water partition coefficient (Wildman–Crippen LogP) is 4.79. The van der Waals surface area contributed by atoms with Crippen LogP contribution in [0.5, 0.6) is 0 Å². The topological polar surface area (TPSA) is 20.3 Å². The number of hydrogen-bond acceptors (Lipinski definition) is 3. The Morgan fingerprint density at radius 2 is 1.95 bits per heavy atom. The minimum absolute atomic E-state index is 0.167. The van der Waals surface area contributed by atoms with Gasteiger partial charge in [0.1, 0.15) is 0 Å². The highest BCUT2D eigenvalue weighted by atomic mass is 79.9. The number of anilines is 1. The van der Waals surface area contributed by atoms with E-state index in [4.69, 9.17) is 0 Å². The van der Waals surface area contributed by atoms with E-state index in [0.29, 0.717) is 12.1 Å². The summed E-state index contributed by atoms with van der Waals surface area (Å²) in [4.78, 5) is 15.1. The first-order valence-corrected chi connectivity index (χ1v) is 8.74. The molecule has 4 heteroatoms. The van der Waals surface area contributed by atoms with Crippen LogP contribution in [0.3, 0.4) is 0 Å². The van der Waals surface area contributed by atoms with Gasteiger partial charge in [0, 0.05) is 32.0 Å². The minimum Gasteiger partial charge on any atom is -0.362 e. The van der Waals surface area contributed by atoms with Crippen LogP contribution >= 0.6 is 27.3 Å². The van der Waals surface area contributed by atoms with E-state index >= 15 is 0 Å². The molecule has 20 heavy (non-hydrogen) atoms. The molecule has 2 aromatic rings. The highest BCUT2D eigenvalue weighted by Gasteiger charge is 2.27. The number of piperidine rings is 1. The zero-order valence-corrected chi connectivity index (χ0v) is 14.1. The van der Waals surface area contributed by atoms with Crippen molar-refractivity contribution in [2.45, 2.75) is 45.2 Å². The Bertz CT molecular complexity index is 686. The number of nitrogens with zero attached hydrogens (tertiary/aromatic N) is 1. The third-order valence-corrected chi connectivity index (χ3v) is 5.63. The van der Waals surface area contributed by atoms with Gasteiger partial charge in [-0.15, -0.1) is 11.3 Å². The average Bonchev–Trinajstić information content (AvgIpc) is 2.41. The van der Waals surface area contributed by atoms with Crippen molar-refractivity contribution >= 4 is 43.0 Å². The Morgan fingerprint density at radius 3 is 2.65 bits per heavy atom. The first kappa shape index (κ1) is 14.1. The molecule has 3 rings (SSSR count). The molecule has 0 unspecified atom stereocenters. The number of rotatable bonds is 1. The molecule has 0 aliphatic carbocycles. The van der Waals surface area contributed by atoms with Crippen molar-refractivity contribution in [3.8, 4) is 0 Å². The van der Waals surface area contributed by atoms with E-state index in [1.807, 2.05) is 23.6 Å². The summed E-state index contributed by atoms with van der Waals surface area (Å²) in [5.74, 6) is 0. The molecule has 106 valence electrons.